The molecule has 0 atom stereocenters. The highest BCUT2D eigenvalue weighted by Gasteiger charge is 2.18. The molecule has 2 heterocycles. The van der Waals surface area contributed by atoms with E-state index < -0.39 is 0 Å². The van der Waals surface area contributed by atoms with Crippen LogP contribution in [-0.4, -0.2) is 28.2 Å². The Morgan fingerprint density at radius 1 is 1.10 bits per heavy atom. The van der Waals surface area contributed by atoms with E-state index in [9.17, 15) is 0 Å². The fourth-order valence-corrected chi connectivity index (χ4v) is 3.30. The Morgan fingerprint density at radius 3 is 2.71 bits per heavy atom. The Balaban J connectivity index is 1.81. The van der Waals surface area contributed by atoms with Crippen LogP contribution in [0.1, 0.15) is 5.56 Å². The topological polar surface area (TPSA) is 39.4 Å². The van der Waals surface area contributed by atoms with Gasteiger partial charge in [0.25, 0.3) is 0 Å². The Kier molecular flexibility index (Phi) is 2.93. The molecule has 2 aromatic carbocycles. The zero-order chi connectivity index (χ0) is 14.2. The quantitative estimate of drug-likeness (QED) is 0.727. The number of methoxy groups -OCH3 is 1. The average Bonchev–Trinajstić information content (AvgIpc) is 2.93. The molecule has 0 unspecified atom stereocenters. The second kappa shape index (κ2) is 4.93. The standard InChI is InChI=1S/C16H13N3OS/c1-20-12-8-6-11(7-9-12)14-10-21-16-17-13-4-2-3-5-15(13)19(16)18-14/h2-9H,10H2,1H3. The van der Waals surface area contributed by atoms with Crippen LogP contribution in [0.3, 0.4) is 0 Å². The molecular formula is C16H13N3OS. The normalized spacial score (nSPS) is 13.9. The van der Waals surface area contributed by atoms with Crippen molar-refractivity contribution in [1.29, 1.82) is 0 Å². The molecule has 1 aromatic heterocycles. The Labute approximate surface area is 126 Å². The Hall–Kier alpha value is -2.27. The molecule has 0 spiro atoms. The van der Waals surface area contributed by atoms with E-state index in [4.69, 9.17) is 9.84 Å². The molecule has 3 aromatic rings. The number of hydrogen-bond acceptors (Lipinski definition) is 4. The minimum Gasteiger partial charge on any atom is -0.497 e. The molecule has 0 fully saturated rings. The molecule has 0 N–H and O–H groups in total. The monoisotopic (exact) mass is 295 g/mol. The first-order valence-corrected chi connectivity index (χ1v) is 7.66. The Morgan fingerprint density at radius 2 is 1.90 bits per heavy atom. The van der Waals surface area contributed by atoms with Gasteiger partial charge in [0.2, 0.25) is 0 Å². The van der Waals surface area contributed by atoms with Crippen molar-refractivity contribution < 1.29 is 4.74 Å². The highest BCUT2D eigenvalue weighted by atomic mass is 32.2. The molecule has 1 aliphatic heterocycles. The molecule has 1 aliphatic rings. The fraction of sp³-hybridized carbons (Fsp3) is 0.125. The molecule has 0 saturated heterocycles. The minimum absolute atomic E-state index is 0.829. The lowest BCUT2D eigenvalue weighted by Gasteiger charge is -2.13. The number of para-hydroxylation sites is 2. The zero-order valence-electron chi connectivity index (χ0n) is 11.5. The van der Waals surface area contributed by atoms with Crippen LogP contribution < -0.4 is 4.74 Å². The summed E-state index contributed by atoms with van der Waals surface area (Å²) >= 11 is 1.72. The van der Waals surface area contributed by atoms with Gasteiger partial charge in [-0.05, 0) is 42.0 Å². The smallest absolute Gasteiger partial charge is 0.190 e. The van der Waals surface area contributed by atoms with Gasteiger partial charge in [-0.15, -0.1) is 0 Å². The number of rotatable bonds is 2. The molecular weight excluding hydrogens is 282 g/mol. The summed E-state index contributed by atoms with van der Waals surface area (Å²) in [6, 6.07) is 16.1. The van der Waals surface area contributed by atoms with Gasteiger partial charge in [-0.3, -0.25) is 0 Å². The predicted octanol–water partition coefficient (Wildman–Crippen LogP) is 3.40. The molecule has 0 saturated carbocycles. The Bertz CT molecular complexity index is 836. The first-order valence-electron chi connectivity index (χ1n) is 6.68. The molecule has 5 heteroatoms. The van der Waals surface area contributed by atoms with E-state index in [1.54, 1.807) is 18.9 Å². The van der Waals surface area contributed by atoms with E-state index in [1.807, 2.05) is 53.2 Å². The van der Waals surface area contributed by atoms with Gasteiger partial charge in [-0.25, -0.2) is 9.66 Å². The van der Waals surface area contributed by atoms with E-state index >= 15 is 0 Å². The SMILES string of the molecule is COc1ccc(C2=Nn3c(nc4ccccc43)SC2)cc1. The van der Waals surface area contributed by atoms with Crippen molar-refractivity contribution in [2.24, 2.45) is 5.10 Å². The molecule has 0 bridgehead atoms. The summed E-state index contributed by atoms with van der Waals surface area (Å²) in [5.74, 6) is 1.69. The first-order chi connectivity index (χ1) is 10.3. The maximum Gasteiger partial charge on any atom is 0.190 e. The summed E-state index contributed by atoms with van der Waals surface area (Å²) in [6.07, 6.45) is 0. The average molecular weight is 295 g/mol. The number of fused-ring (bicyclic) bond motifs is 3. The summed E-state index contributed by atoms with van der Waals surface area (Å²) in [5.41, 5.74) is 4.20. The van der Waals surface area contributed by atoms with Crippen LogP contribution in [-0.2, 0) is 0 Å². The van der Waals surface area contributed by atoms with Crippen molar-refractivity contribution in [3.8, 4) is 5.75 Å². The molecule has 4 rings (SSSR count). The van der Waals surface area contributed by atoms with Crippen LogP contribution in [0.2, 0.25) is 0 Å². The van der Waals surface area contributed by atoms with Gasteiger partial charge in [0.05, 0.1) is 23.9 Å². The third-order valence-corrected chi connectivity index (χ3v) is 4.43. The van der Waals surface area contributed by atoms with Gasteiger partial charge in [0, 0.05) is 5.75 Å². The van der Waals surface area contributed by atoms with Crippen molar-refractivity contribution in [1.82, 2.24) is 9.66 Å². The second-order valence-electron chi connectivity index (χ2n) is 4.76. The number of aromatic nitrogens is 2. The van der Waals surface area contributed by atoms with Gasteiger partial charge >= 0.3 is 0 Å². The number of hydrogen-bond donors (Lipinski definition) is 0. The number of ether oxygens (including phenoxy) is 1. The van der Waals surface area contributed by atoms with Gasteiger partial charge in [0.1, 0.15) is 5.75 Å². The van der Waals surface area contributed by atoms with E-state index in [2.05, 4.69) is 4.98 Å². The lowest BCUT2D eigenvalue weighted by Crippen LogP contribution is -2.13. The zero-order valence-corrected chi connectivity index (χ0v) is 12.3. The van der Waals surface area contributed by atoms with Crippen molar-refractivity contribution in [2.45, 2.75) is 5.16 Å². The molecule has 104 valence electrons. The van der Waals surface area contributed by atoms with Crippen molar-refractivity contribution in [2.75, 3.05) is 12.9 Å². The highest BCUT2D eigenvalue weighted by Crippen LogP contribution is 2.28. The minimum atomic E-state index is 0.829. The van der Waals surface area contributed by atoms with Crippen LogP contribution in [0.5, 0.6) is 5.75 Å². The van der Waals surface area contributed by atoms with E-state index in [-0.39, 0.29) is 0 Å². The summed E-state index contributed by atoms with van der Waals surface area (Å²) in [6.45, 7) is 0. The van der Waals surface area contributed by atoms with Crippen LogP contribution in [0.4, 0.5) is 0 Å². The number of imidazole rings is 1. The molecule has 0 aliphatic carbocycles. The van der Waals surface area contributed by atoms with Crippen LogP contribution in [0, 0.1) is 0 Å². The molecule has 4 nitrogen and oxygen atoms in total. The van der Waals surface area contributed by atoms with E-state index in [0.717, 1.165) is 39.0 Å². The fourth-order valence-electron chi connectivity index (χ4n) is 2.39. The van der Waals surface area contributed by atoms with Crippen LogP contribution in [0.15, 0.2) is 58.8 Å². The lowest BCUT2D eigenvalue weighted by molar-refractivity contribution is 0.415. The number of benzene rings is 2. The van der Waals surface area contributed by atoms with Gasteiger partial charge in [0.15, 0.2) is 5.16 Å². The van der Waals surface area contributed by atoms with E-state index in [1.165, 1.54) is 0 Å². The number of thioether (sulfide) groups is 1. The van der Waals surface area contributed by atoms with Crippen LogP contribution in [0.25, 0.3) is 11.0 Å². The molecule has 21 heavy (non-hydrogen) atoms. The van der Waals surface area contributed by atoms with Gasteiger partial charge in [-0.2, -0.15) is 5.10 Å². The van der Waals surface area contributed by atoms with Crippen molar-refractivity contribution in [3.05, 3.63) is 54.1 Å². The van der Waals surface area contributed by atoms with Crippen molar-refractivity contribution >= 4 is 28.5 Å². The van der Waals surface area contributed by atoms with Gasteiger partial charge in [-0.1, -0.05) is 23.9 Å². The molecule has 0 radical (unpaired) electrons. The van der Waals surface area contributed by atoms with E-state index in [0.29, 0.717) is 0 Å². The third kappa shape index (κ3) is 2.10. The maximum atomic E-state index is 5.20. The lowest BCUT2D eigenvalue weighted by atomic mass is 10.1. The van der Waals surface area contributed by atoms with Crippen molar-refractivity contribution in [3.63, 3.8) is 0 Å². The predicted molar refractivity (Wildman–Crippen MR) is 85.4 cm³/mol. The summed E-state index contributed by atoms with van der Waals surface area (Å²) < 4.78 is 7.13. The summed E-state index contributed by atoms with van der Waals surface area (Å²) in [4.78, 5) is 4.61. The maximum absolute atomic E-state index is 5.20. The molecule has 0 amide bonds. The number of nitrogens with zero attached hydrogens (tertiary/aromatic N) is 3. The summed E-state index contributed by atoms with van der Waals surface area (Å²) in [5, 5.41) is 5.72. The first kappa shape index (κ1) is 12.5. The third-order valence-electron chi connectivity index (χ3n) is 3.49. The summed E-state index contributed by atoms with van der Waals surface area (Å²) in [7, 11) is 1.67. The van der Waals surface area contributed by atoms with Gasteiger partial charge < -0.3 is 4.74 Å². The highest BCUT2D eigenvalue weighted by molar-refractivity contribution is 7.99. The second-order valence-corrected chi connectivity index (χ2v) is 5.70. The largest absolute Gasteiger partial charge is 0.497 e. The van der Waals surface area contributed by atoms with Crippen LogP contribution >= 0.6 is 11.8 Å².